The second-order valence-electron chi connectivity index (χ2n) is 10.1. The number of pyridine rings is 1. The first-order valence-corrected chi connectivity index (χ1v) is 10.8. The molecule has 33 heavy (non-hydrogen) atoms. The highest BCUT2D eigenvalue weighted by Crippen LogP contribution is 2.32. The van der Waals surface area contributed by atoms with Crippen LogP contribution in [0.3, 0.4) is 0 Å². The van der Waals surface area contributed by atoms with Crippen LogP contribution in [0.15, 0.2) is 35.2 Å². The van der Waals surface area contributed by atoms with Gasteiger partial charge in [-0.15, -0.1) is 0 Å². The number of nitrogens with zero attached hydrogens (tertiary/aromatic N) is 4. The lowest BCUT2D eigenvalue weighted by atomic mass is 9.92. The van der Waals surface area contributed by atoms with E-state index >= 15 is 4.39 Å². The first-order chi connectivity index (χ1) is 15.4. The number of rotatable bonds is 6. The number of aliphatic hydroxyl groups is 1. The topological polar surface area (TPSA) is 106 Å². The van der Waals surface area contributed by atoms with Crippen molar-refractivity contribution in [3.05, 3.63) is 36.6 Å². The Morgan fingerprint density at radius 2 is 1.97 bits per heavy atom. The zero-order valence-electron chi connectivity index (χ0n) is 19.4. The molecule has 0 aliphatic carbocycles. The molecule has 8 nitrogen and oxygen atoms in total. The van der Waals surface area contributed by atoms with Crippen molar-refractivity contribution >= 4 is 33.9 Å². The lowest BCUT2D eigenvalue weighted by Crippen LogP contribution is -2.22. The monoisotopic (exact) mass is 453 g/mol. The van der Waals surface area contributed by atoms with Gasteiger partial charge in [0.25, 0.3) is 0 Å². The Hall–Kier alpha value is -3.33. The molecular formula is C24H28FN5O3. The summed E-state index contributed by atoms with van der Waals surface area (Å²) in [7, 11) is 0. The largest absolute Gasteiger partial charge is 0.440 e. The van der Waals surface area contributed by atoms with Crippen LogP contribution in [0.4, 0.5) is 10.2 Å². The van der Waals surface area contributed by atoms with Gasteiger partial charge in [-0.2, -0.15) is 5.10 Å². The molecule has 0 radical (unpaired) electrons. The number of hydrogen-bond acceptors (Lipinski definition) is 6. The second kappa shape index (κ2) is 8.22. The molecule has 0 fully saturated rings. The average Bonchev–Trinajstić information content (AvgIpc) is 3.30. The summed E-state index contributed by atoms with van der Waals surface area (Å²) in [6, 6.07) is 5.06. The predicted molar refractivity (Wildman–Crippen MR) is 124 cm³/mol. The molecule has 0 atom stereocenters. The van der Waals surface area contributed by atoms with Gasteiger partial charge in [-0.25, -0.2) is 19.0 Å². The van der Waals surface area contributed by atoms with Crippen molar-refractivity contribution in [2.75, 3.05) is 5.32 Å². The molecule has 4 aromatic rings. The van der Waals surface area contributed by atoms with Crippen LogP contribution in [0, 0.1) is 11.2 Å². The lowest BCUT2D eigenvalue weighted by molar-refractivity contribution is -0.117. The smallest absolute Gasteiger partial charge is 0.226 e. The summed E-state index contributed by atoms with van der Waals surface area (Å²) in [4.78, 5) is 21.1. The van der Waals surface area contributed by atoms with Gasteiger partial charge in [-0.3, -0.25) is 4.79 Å². The molecule has 0 unspecified atom stereocenters. The van der Waals surface area contributed by atoms with E-state index in [1.165, 1.54) is 6.39 Å². The SMILES string of the molecule is CC(C)(C)CC(=O)Nc1nn(CCC(C)(C)O)c2ncc(-c3ccc4ncoc4c3F)cc12. The first kappa shape index (κ1) is 22.8. The third-order valence-electron chi connectivity index (χ3n) is 5.22. The van der Waals surface area contributed by atoms with E-state index in [2.05, 4.69) is 20.4 Å². The Kier molecular flexibility index (Phi) is 5.69. The van der Waals surface area contributed by atoms with Crippen LogP contribution in [0.2, 0.25) is 0 Å². The molecule has 174 valence electrons. The molecule has 9 heteroatoms. The van der Waals surface area contributed by atoms with Gasteiger partial charge in [0.1, 0.15) is 5.52 Å². The van der Waals surface area contributed by atoms with E-state index in [0.717, 1.165) is 0 Å². The fourth-order valence-corrected chi connectivity index (χ4v) is 3.61. The van der Waals surface area contributed by atoms with Gasteiger partial charge >= 0.3 is 0 Å². The van der Waals surface area contributed by atoms with E-state index in [1.54, 1.807) is 42.9 Å². The van der Waals surface area contributed by atoms with Crippen LogP contribution in [0.1, 0.15) is 47.5 Å². The van der Waals surface area contributed by atoms with Crippen molar-refractivity contribution in [2.24, 2.45) is 5.41 Å². The lowest BCUT2D eigenvalue weighted by Gasteiger charge is -2.17. The van der Waals surface area contributed by atoms with E-state index in [9.17, 15) is 9.90 Å². The zero-order chi connectivity index (χ0) is 24.0. The molecule has 0 saturated carbocycles. The minimum Gasteiger partial charge on any atom is -0.440 e. The molecule has 0 saturated heterocycles. The van der Waals surface area contributed by atoms with Crippen molar-refractivity contribution in [3.63, 3.8) is 0 Å². The van der Waals surface area contributed by atoms with Gasteiger partial charge in [0.15, 0.2) is 29.3 Å². The average molecular weight is 454 g/mol. The number of carbonyl (C=O) groups is 1. The summed E-state index contributed by atoms with van der Waals surface area (Å²) in [5, 5.41) is 18.2. The molecule has 0 spiro atoms. The quantitative estimate of drug-likeness (QED) is 0.429. The summed E-state index contributed by atoms with van der Waals surface area (Å²) in [6.07, 6.45) is 3.52. The minimum absolute atomic E-state index is 0.0761. The van der Waals surface area contributed by atoms with Gasteiger partial charge in [0, 0.05) is 30.3 Å². The molecule has 1 amide bonds. The van der Waals surface area contributed by atoms with Crippen LogP contribution in [-0.2, 0) is 11.3 Å². The summed E-state index contributed by atoms with van der Waals surface area (Å²) in [6.45, 7) is 9.79. The molecule has 3 aromatic heterocycles. The molecule has 2 N–H and O–H groups in total. The molecule has 4 rings (SSSR count). The fourth-order valence-electron chi connectivity index (χ4n) is 3.61. The molecule has 3 heterocycles. The molecule has 0 aliphatic heterocycles. The van der Waals surface area contributed by atoms with E-state index < -0.39 is 11.4 Å². The van der Waals surface area contributed by atoms with E-state index in [-0.39, 0.29) is 16.9 Å². The number of fused-ring (bicyclic) bond motifs is 2. The Morgan fingerprint density at radius 1 is 1.21 bits per heavy atom. The van der Waals surface area contributed by atoms with Crippen LogP contribution in [0.25, 0.3) is 33.3 Å². The molecule has 1 aromatic carbocycles. The number of benzene rings is 1. The van der Waals surface area contributed by atoms with Gasteiger partial charge < -0.3 is 14.8 Å². The standard InChI is InChI=1S/C24H28FN5O3/c1-23(2,3)11-18(31)28-21-16-10-14(15-6-7-17-20(19(15)25)33-13-27-17)12-26-22(16)30(29-21)9-8-24(4,5)32/h6-7,10,12-13,32H,8-9,11H2,1-5H3,(H,28,29,31). The summed E-state index contributed by atoms with van der Waals surface area (Å²) in [5.41, 5.74) is 0.796. The normalized spacial score (nSPS) is 12.6. The van der Waals surface area contributed by atoms with Crippen molar-refractivity contribution in [3.8, 4) is 11.1 Å². The highest BCUT2D eigenvalue weighted by atomic mass is 19.1. The summed E-state index contributed by atoms with van der Waals surface area (Å²) < 4.78 is 21.9. The number of nitrogens with one attached hydrogen (secondary N) is 1. The second-order valence-corrected chi connectivity index (χ2v) is 10.1. The van der Waals surface area contributed by atoms with Crippen LogP contribution >= 0.6 is 0 Å². The number of oxazole rings is 1. The van der Waals surface area contributed by atoms with Crippen LogP contribution in [0.5, 0.6) is 0 Å². The Balaban J connectivity index is 1.78. The Labute approximate surface area is 190 Å². The fraction of sp³-hybridized carbons (Fsp3) is 0.417. The predicted octanol–water partition coefficient (Wildman–Crippen LogP) is 4.91. The Bertz CT molecular complexity index is 1330. The van der Waals surface area contributed by atoms with Gasteiger partial charge in [-0.05, 0) is 43.9 Å². The number of carbonyl (C=O) groups excluding carboxylic acids is 1. The maximum absolute atomic E-state index is 15.1. The Morgan fingerprint density at radius 3 is 2.67 bits per heavy atom. The van der Waals surface area contributed by atoms with Crippen molar-refractivity contribution in [1.82, 2.24) is 19.7 Å². The van der Waals surface area contributed by atoms with Crippen molar-refractivity contribution in [2.45, 2.75) is 59.6 Å². The highest BCUT2D eigenvalue weighted by Gasteiger charge is 2.22. The zero-order valence-corrected chi connectivity index (χ0v) is 19.4. The van der Waals surface area contributed by atoms with E-state index in [1.807, 2.05) is 20.8 Å². The molecule has 0 aliphatic rings. The number of aromatic nitrogens is 4. The first-order valence-electron chi connectivity index (χ1n) is 10.8. The number of hydrogen-bond donors (Lipinski definition) is 2. The highest BCUT2D eigenvalue weighted by molar-refractivity contribution is 6.00. The molecular weight excluding hydrogens is 425 g/mol. The third kappa shape index (κ3) is 5.03. The van der Waals surface area contributed by atoms with Gasteiger partial charge in [0.2, 0.25) is 5.91 Å². The van der Waals surface area contributed by atoms with E-state index in [0.29, 0.717) is 52.9 Å². The number of halogens is 1. The number of aryl methyl sites for hydroxylation is 1. The van der Waals surface area contributed by atoms with Gasteiger partial charge in [0.05, 0.1) is 11.0 Å². The summed E-state index contributed by atoms with van der Waals surface area (Å²) in [5.74, 6) is -0.347. The van der Waals surface area contributed by atoms with Gasteiger partial charge in [-0.1, -0.05) is 20.8 Å². The van der Waals surface area contributed by atoms with E-state index in [4.69, 9.17) is 4.42 Å². The van der Waals surface area contributed by atoms with Crippen molar-refractivity contribution in [1.29, 1.82) is 0 Å². The number of anilines is 1. The maximum Gasteiger partial charge on any atom is 0.226 e. The summed E-state index contributed by atoms with van der Waals surface area (Å²) >= 11 is 0. The van der Waals surface area contributed by atoms with Crippen LogP contribution in [-0.4, -0.2) is 36.4 Å². The minimum atomic E-state index is -0.885. The number of amides is 1. The third-order valence-corrected chi connectivity index (χ3v) is 5.22. The van der Waals surface area contributed by atoms with Crippen LogP contribution < -0.4 is 5.32 Å². The molecule has 0 bridgehead atoms. The van der Waals surface area contributed by atoms with Crippen molar-refractivity contribution < 1.29 is 18.7 Å². The maximum atomic E-state index is 15.1.